The molecule has 3 N–H and O–H groups in total. The Kier molecular flexibility index (Phi) is 6.73. The first-order valence-corrected chi connectivity index (χ1v) is 6.60. The van der Waals surface area contributed by atoms with Crippen LogP contribution in [0.15, 0.2) is 4.99 Å². The molecule has 1 heterocycles. The fraction of sp³-hybridized carbons (Fsp3) is 0.833. The van der Waals surface area contributed by atoms with Gasteiger partial charge in [-0.05, 0) is 25.7 Å². The molecule has 0 aromatic carbocycles. The molecule has 2 rings (SSSR count). The molecule has 6 heteroatoms. The van der Waals surface area contributed by atoms with E-state index in [-0.39, 0.29) is 36.4 Å². The van der Waals surface area contributed by atoms with Crippen LogP contribution in [-0.2, 0) is 4.79 Å². The minimum atomic E-state index is -0.00901. The van der Waals surface area contributed by atoms with Gasteiger partial charge in [0, 0.05) is 19.1 Å². The van der Waals surface area contributed by atoms with Crippen LogP contribution in [0.3, 0.4) is 0 Å². The van der Waals surface area contributed by atoms with Gasteiger partial charge in [-0.15, -0.1) is 24.0 Å². The lowest BCUT2D eigenvalue weighted by molar-refractivity contribution is -0.119. The van der Waals surface area contributed by atoms with E-state index in [1.807, 2.05) is 0 Å². The van der Waals surface area contributed by atoms with Crippen LogP contribution < -0.4 is 11.1 Å². The predicted molar refractivity (Wildman–Crippen MR) is 83.1 cm³/mol. The normalized spacial score (nSPS) is 20.9. The molecule has 0 aromatic rings. The Labute approximate surface area is 126 Å². The second-order valence-corrected chi connectivity index (χ2v) is 4.92. The summed E-state index contributed by atoms with van der Waals surface area (Å²) in [5, 5.41) is 2.90. The molecule has 0 bridgehead atoms. The number of hydrogen-bond donors (Lipinski definition) is 2. The number of nitrogens with two attached hydrogens (primary N) is 1. The van der Waals surface area contributed by atoms with Gasteiger partial charge in [-0.25, -0.2) is 4.99 Å². The van der Waals surface area contributed by atoms with E-state index in [4.69, 9.17) is 5.73 Å². The highest BCUT2D eigenvalue weighted by atomic mass is 127. The van der Waals surface area contributed by atoms with Crippen LogP contribution in [0.2, 0.25) is 0 Å². The quantitative estimate of drug-likeness (QED) is 0.446. The van der Waals surface area contributed by atoms with Gasteiger partial charge in [-0.3, -0.25) is 4.79 Å². The van der Waals surface area contributed by atoms with Crippen molar-refractivity contribution in [3.05, 3.63) is 0 Å². The lowest BCUT2D eigenvalue weighted by atomic mass is 10.2. The molecule has 1 amide bonds. The Balaban J connectivity index is 0.00000162. The van der Waals surface area contributed by atoms with Crippen LogP contribution in [0.1, 0.15) is 38.5 Å². The molecule has 2 aliphatic rings. The Morgan fingerprint density at radius 3 is 2.39 bits per heavy atom. The average molecular weight is 366 g/mol. The lowest BCUT2D eigenvalue weighted by Crippen LogP contribution is -2.39. The van der Waals surface area contributed by atoms with Crippen molar-refractivity contribution >= 4 is 35.8 Å². The summed E-state index contributed by atoms with van der Waals surface area (Å²) in [6.45, 7) is 2.11. The lowest BCUT2D eigenvalue weighted by Gasteiger charge is -2.20. The van der Waals surface area contributed by atoms with Crippen molar-refractivity contribution in [2.75, 3.05) is 19.6 Å². The van der Waals surface area contributed by atoms with Crippen LogP contribution in [0, 0.1) is 0 Å². The van der Waals surface area contributed by atoms with Gasteiger partial charge in [-0.1, -0.05) is 12.8 Å². The number of rotatable bonds is 3. The average Bonchev–Trinajstić information content (AvgIpc) is 3.11. The monoisotopic (exact) mass is 366 g/mol. The summed E-state index contributed by atoms with van der Waals surface area (Å²) < 4.78 is 0. The van der Waals surface area contributed by atoms with Crippen LogP contribution in [0.5, 0.6) is 0 Å². The third-order valence-corrected chi connectivity index (χ3v) is 3.26. The van der Waals surface area contributed by atoms with E-state index in [0.717, 1.165) is 25.9 Å². The largest absolute Gasteiger partial charge is 0.370 e. The zero-order valence-electron chi connectivity index (χ0n) is 10.7. The van der Waals surface area contributed by atoms with Crippen molar-refractivity contribution < 1.29 is 4.79 Å². The Morgan fingerprint density at radius 1 is 1.22 bits per heavy atom. The number of aliphatic imine (C=N–C) groups is 1. The molecule has 1 saturated heterocycles. The van der Waals surface area contributed by atoms with Gasteiger partial charge in [0.1, 0.15) is 6.54 Å². The van der Waals surface area contributed by atoms with Gasteiger partial charge in [0.2, 0.25) is 5.91 Å². The van der Waals surface area contributed by atoms with E-state index in [1.165, 1.54) is 25.7 Å². The smallest absolute Gasteiger partial charge is 0.242 e. The molecule has 0 radical (unpaired) electrons. The van der Waals surface area contributed by atoms with E-state index in [0.29, 0.717) is 12.0 Å². The molecule has 18 heavy (non-hydrogen) atoms. The summed E-state index contributed by atoms with van der Waals surface area (Å²) in [7, 11) is 0. The van der Waals surface area contributed by atoms with E-state index < -0.39 is 0 Å². The van der Waals surface area contributed by atoms with Gasteiger partial charge in [0.05, 0.1) is 0 Å². The zero-order chi connectivity index (χ0) is 12.1. The summed E-state index contributed by atoms with van der Waals surface area (Å²) in [4.78, 5) is 17.7. The molecule has 5 nitrogen and oxygen atoms in total. The fourth-order valence-electron chi connectivity index (χ4n) is 2.05. The number of halogens is 1. The van der Waals surface area contributed by atoms with Crippen LogP contribution in [0.4, 0.5) is 0 Å². The molecule has 1 aliphatic carbocycles. The van der Waals surface area contributed by atoms with Crippen LogP contribution in [-0.4, -0.2) is 42.4 Å². The fourth-order valence-corrected chi connectivity index (χ4v) is 2.05. The molecular weight excluding hydrogens is 343 g/mol. The van der Waals surface area contributed by atoms with E-state index in [1.54, 1.807) is 0 Å². The summed E-state index contributed by atoms with van der Waals surface area (Å²) in [6, 6.07) is 0.400. The first-order chi connectivity index (χ1) is 8.25. The number of guanidine groups is 1. The molecule has 0 aromatic heterocycles. The minimum absolute atomic E-state index is 0. The molecule has 1 aliphatic heterocycles. The summed E-state index contributed by atoms with van der Waals surface area (Å²) in [5.74, 6) is 0.517. The zero-order valence-corrected chi connectivity index (χ0v) is 13.1. The Hall–Kier alpha value is -0.530. The molecule has 2 fully saturated rings. The highest BCUT2D eigenvalue weighted by Gasteiger charge is 2.22. The number of carbonyl (C=O) groups excluding carboxylic acids is 1. The molecule has 104 valence electrons. The summed E-state index contributed by atoms with van der Waals surface area (Å²) >= 11 is 0. The maximum Gasteiger partial charge on any atom is 0.242 e. The number of nitrogens with one attached hydrogen (secondary N) is 1. The van der Waals surface area contributed by atoms with Gasteiger partial charge in [-0.2, -0.15) is 0 Å². The van der Waals surface area contributed by atoms with Crippen molar-refractivity contribution in [2.45, 2.75) is 44.6 Å². The topological polar surface area (TPSA) is 70.7 Å². The third kappa shape index (κ3) is 5.41. The second kappa shape index (κ2) is 7.81. The van der Waals surface area contributed by atoms with Crippen molar-refractivity contribution in [3.63, 3.8) is 0 Å². The highest BCUT2D eigenvalue weighted by Crippen LogP contribution is 2.18. The maximum atomic E-state index is 11.5. The second-order valence-electron chi connectivity index (χ2n) is 4.92. The number of nitrogens with zero attached hydrogens (tertiary/aromatic N) is 2. The third-order valence-electron chi connectivity index (χ3n) is 3.26. The number of likely N-dealkylation sites (tertiary alicyclic amines) is 1. The Bertz CT molecular complexity index is 296. The summed E-state index contributed by atoms with van der Waals surface area (Å²) in [6.07, 6.45) is 7.10. The predicted octanol–water partition coefficient (Wildman–Crippen LogP) is 1.07. The van der Waals surface area contributed by atoms with E-state index in [2.05, 4.69) is 15.2 Å². The number of carbonyl (C=O) groups is 1. The minimum Gasteiger partial charge on any atom is -0.370 e. The maximum absolute atomic E-state index is 11.5. The molecule has 1 saturated carbocycles. The molecular formula is C12H23IN4O. The van der Waals surface area contributed by atoms with E-state index in [9.17, 15) is 4.79 Å². The standard InChI is InChI=1S/C12H22N4O.HI/c13-12(16-7-3-1-2-4-8-16)14-9-11(17)15-10-5-6-10;/h10H,1-9H2,(H2,13,14)(H,15,17);1H. The van der Waals surface area contributed by atoms with Gasteiger partial charge < -0.3 is 16.0 Å². The van der Waals surface area contributed by atoms with Crippen LogP contribution in [0.25, 0.3) is 0 Å². The number of amides is 1. The molecule has 0 spiro atoms. The van der Waals surface area contributed by atoms with Crippen molar-refractivity contribution in [2.24, 2.45) is 10.7 Å². The van der Waals surface area contributed by atoms with Gasteiger partial charge in [0.15, 0.2) is 5.96 Å². The molecule has 0 atom stereocenters. The Morgan fingerprint density at radius 2 is 1.83 bits per heavy atom. The summed E-state index contributed by atoms with van der Waals surface area (Å²) in [5.41, 5.74) is 5.91. The van der Waals surface area contributed by atoms with Crippen molar-refractivity contribution in [3.8, 4) is 0 Å². The van der Waals surface area contributed by atoms with Crippen LogP contribution >= 0.6 is 24.0 Å². The molecule has 0 unspecified atom stereocenters. The van der Waals surface area contributed by atoms with Gasteiger partial charge in [0.25, 0.3) is 0 Å². The highest BCUT2D eigenvalue weighted by molar-refractivity contribution is 14.0. The van der Waals surface area contributed by atoms with Crippen molar-refractivity contribution in [1.29, 1.82) is 0 Å². The number of hydrogen-bond acceptors (Lipinski definition) is 2. The SMILES string of the molecule is I.NC(=NCC(=O)NC1CC1)N1CCCCCC1. The first-order valence-electron chi connectivity index (χ1n) is 6.60. The first kappa shape index (κ1) is 15.5. The van der Waals surface area contributed by atoms with Crippen molar-refractivity contribution in [1.82, 2.24) is 10.2 Å². The van der Waals surface area contributed by atoms with E-state index >= 15 is 0 Å². The van der Waals surface area contributed by atoms with Gasteiger partial charge >= 0.3 is 0 Å².